The fourth-order valence-electron chi connectivity index (χ4n) is 2.72. The summed E-state index contributed by atoms with van der Waals surface area (Å²) < 4.78 is 39.3. The van der Waals surface area contributed by atoms with Crippen molar-refractivity contribution in [2.45, 2.75) is 45.3 Å². The van der Waals surface area contributed by atoms with Gasteiger partial charge in [0.25, 0.3) is 0 Å². The minimum Gasteiger partial charge on any atom is -0.326 e. The summed E-state index contributed by atoms with van der Waals surface area (Å²) in [7, 11) is 0. The van der Waals surface area contributed by atoms with E-state index in [1.54, 1.807) is 6.92 Å². The monoisotopic (exact) mass is 300 g/mol. The van der Waals surface area contributed by atoms with Crippen LogP contribution < -0.4 is 11.1 Å². The summed E-state index contributed by atoms with van der Waals surface area (Å²) in [6, 6.07) is 3.77. The standard InChI is InChI=1S/C15H19F3N2O/c1-14(6-2-3-7-14)13(21)20-12-5-4-10(9-19)8-11(12)15(16,17)18/h4-5,8H,2-3,6-7,9,19H2,1H3,(H,20,21). The second-order valence-electron chi connectivity index (χ2n) is 5.80. The van der Waals surface area contributed by atoms with E-state index in [4.69, 9.17) is 5.73 Å². The minimum absolute atomic E-state index is 0.0228. The molecule has 2 rings (SSSR count). The fraction of sp³-hybridized carbons (Fsp3) is 0.533. The van der Waals surface area contributed by atoms with E-state index in [0.717, 1.165) is 18.9 Å². The Morgan fingerprint density at radius 3 is 2.48 bits per heavy atom. The van der Waals surface area contributed by atoms with E-state index >= 15 is 0 Å². The number of alkyl halides is 3. The highest BCUT2D eigenvalue weighted by molar-refractivity contribution is 5.96. The number of amides is 1. The second-order valence-corrected chi connectivity index (χ2v) is 5.80. The molecule has 21 heavy (non-hydrogen) atoms. The molecule has 1 aliphatic rings. The minimum atomic E-state index is -4.52. The van der Waals surface area contributed by atoms with Crippen LogP contribution >= 0.6 is 0 Å². The Morgan fingerprint density at radius 1 is 1.33 bits per heavy atom. The van der Waals surface area contributed by atoms with Crippen LogP contribution in [0.1, 0.15) is 43.7 Å². The molecule has 3 N–H and O–H groups in total. The molecule has 1 saturated carbocycles. The van der Waals surface area contributed by atoms with Crippen LogP contribution in [0.2, 0.25) is 0 Å². The Hall–Kier alpha value is -1.56. The van der Waals surface area contributed by atoms with Gasteiger partial charge in [-0.3, -0.25) is 4.79 Å². The Labute approximate surface area is 121 Å². The molecule has 1 aromatic carbocycles. The van der Waals surface area contributed by atoms with Crippen LogP contribution in [0.15, 0.2) is 18.2 Å². The lowest BCUT2D eigenvalue weighted by Gasteiger charge is -2.24. The molecule has 3 nitrogen and oxygen atoms in total. The van der Waals surface area contributed by atoms with Gasteiger partial charge in [-0.2, -0.15) is 13.2 Å². The largest absolute Gasteiger partial charge is 0.418 e. The molecule has 0 bridgehead atoms. The summed E-state index contributed by atoms with van der Waals surface area (Å²) >= 11 is 0. The summed E-state index contributed by atoms with van der Waals surface area (Å²) in [6.45, 7) is 1.83. The molecule has 1 amide bonds. The van der Waals surface area contributed by atoms with Crippen LogP contribution in [0.5, 0.6) is 0 Å². The second kappa shape index (κ2) is 5.67. The molecular weight excluding hydrogens is 281 g/mol. The van der Waals surface area contributed by atoms with Crippen LogP contribution in [0.25, 0.3) is 0 Å². The van der Waals surface area contributed by atoms with Crippen molar-refractivity contribution in [1.82, 2.24) is 0 Å². The number of hydrogen-bond acceptors (Lipinski definition) is 2. The number of rotatable bonds is 3. The van der Waals surface area contributed by atoms with Crippen molar-refractivity contribution >= 4 is 11.6 Å². The molecule has 6 heteroatoms. The zero-order valence-corrected chi connectivity index (χ0v) is 11.9. The zero-order valence-electron chi connectivity index (χ0n) is 11.9. The molecule has 0 aliphatic heterocycles. The molecule has 0 atom stereocenters. The SMILES string of the molecule is CC1(C(=O)Nc2ccc(CN)cc2C(F)(F)F)CCCC1. The molecule has 1 fully saturated rings. The summed E-state index contributed by atoms with van der Waals surface area (Å²) in [4.78, 5) is 12.3. The van der Waals surface area contributed by atoms with Crippen LogP contribution in [-0.2, 0) is 17.5 Å². The van der Waals surface area contributed by atoms with E-state index in [9.17, 15) is 18.0 Å². The maximum Gasteiger partial charge on any atom is 0.418 e. The lowest BCUT2D eigenvalue weighted by Crippen LogP contribution is -2.31. The number of halogens is 3. The van der Waals surface area contributed by atoms with Gasteiger partial charge in [0.2, 0.25) is 5.91 Å². The van der Waals surface area contributed by atoms with Gasteiger partial charge in [0.15, 0.2) is 0 Å². The average molecular weight is 300 g/mol. The highest BCUT2D eigenvalue weighted by Crippen LogP contribution is 2.40. The van der Waals surface area contributed by atoms with Crippen molar-refractivity contribution in [3.8, 4) is 0 Å². The molecule has 0 heterocycles. The summed E-state index contributed by atoms with van der Waals surface area (Å²) in [5, 5.41) is 2.45. The van der Waals surface area contributed by atoms with Crippen molar-refractivity contribution in [1.29, 1.82) is 0 Å². The van der Waals surface area contributed by atoms with Gasteiger partial charge >= 0.3 is 6.18 Å². The molecule has 1 aliphatic carbocycles. The van der Waals surface area contributed by atoms with Gasteiger partial charge in [-0.05, 0) is 30.5 Å². The maximum absolute atomic E-state index is 13.1. The van der Waals surface area contributed by atoms with Gasteiger partial charge in [0.05, 0.1) is 11.3 Å². The summed E-state index contributed by atoms with van der Waals surface area (Å²) in [5.41, 5.74) is 4.14. The molecule has 116 valence electrons. The zero-order chi connectivity index (χ0) is 15.7. The highest BCUT2D eigenvalue weighted by atomic mass is 19.4. The third-order valence-electron chi connectivity index (χ3n) is 4.13. The Bertz CT molecular complexity index is 534. The van der Waals surface area contributed by atoms with Crippen molar-refractivity contribution in [3.05, 3.63) is 29.3 Å². The van der Waals surface area contributed by atoms with Crippen LogP contribution in [0.4, 0.5) is 18.9 Å². The smallest absolute Gasteiger partial charge is 0.326 e. The number of carbonyl (C=O) groups excluding carboxylic acids is 1. The summed E-state index contributed by atoms with van der Waals surface area (Å²) in [6.07, 6.45) is -1.24. The van der Waals surface area contributed by atoms with E-state index in [1.165, 1.54) is 12.1 Å². The van der Waals surface area contributed by atoms with Crippen LogP contribution in [-0.4, -0.2) is 5.91 Å². The average Bonchev–Trinajstić information content (AvgIpc) is 2.86. The van der Waals surface area contributed by atoms with Gasteiger partial charge in [-0.1, -0.05) is 25.8 Å². The first-order valence-electron chi connectivity index (χ1n) is 6.98. The van der Waals surface area contributed by atoms with Crippen LogP contribution in [0, 0.1) is 5.41 Å². The third-order valence-corrected chi connectivity index (χ3v) is 4.13. The normalized spacial score (nSPS) is 17.8. The van der Waals surface area contributed by atoms with E-state index in [2.05, 4.69) is 5.32 Å². The Kier molecular flexibility index (Phi) is 4.27. The molecule has 0 spiro atoms. The Morgan fingerprint density at radius 2 is 1.95 bits per heavy atom. The van der Waals surface area contributed by atoms with E-state index in [1.807, 2.05) is 0 Å². The number of nitrogens with two attached hydrogens (primary N) is 1. The highest BCUT2D eigenvalue weighted by Gasteiger charge is 2.38. The van der Waals surface area contributed by atoms with Gasteiger partial charge in [0, 0.05) is 12.0 Å². The molecule has 0 radical (unpaired) electrons. The maximum atomic E-state index is 13.1. The number of benzene rings is 1. The summed E-state index contributed by atoms with van der Waals surface area (Å²) in [5.74, 6) is -0.342. The molecule has 1 aromatic rings. The van der Waals surface area contributed by atoms with Gasteiger partial charge in [-0.15, -0.1) is 0 Å². The first kappa shape index (κ1) is 15.8. The van der Waals surface area contributed by atoms with Crippen molar-refractivity contribution < 1.29 is 18.0 Å². The first-order valence-corrected chi connectivity index (χ1v) is 6.98. The predicted molar refractivity (Wildman–Crippen MR) is 74.5 cm³/mol. The molecule has 0 saturated heterocycles. The topological polar surface area (TPSA) is 55.1 Å². The van der Waals surface area contributed by atoms with Crippen LogP contribution in [0.3, 0.4) is 0 Å². The lowest BCUT2D eigenvalue weighted by molar-refractivity contribution is -0.137. The van der Waals surface area contributed by atoms with Gasteiger partial charge in [0.1, 0.15) is 0 Å². The van der Waals surface area contributed by atoms with E-state index < -0.39 is 17.2 Å². The quantitative estimate of drug-likeness (QED) is 0.894. The molecule has 0 unspecified atom stereocenters. The van der Waals surface area contributed by atoms with Crippen molar-refractivity contribution in [3.63, 3.8) is 0 Å². The number of hydrogen-bond donors (Lipinski definition) is 2. The van der Waals surface area contributed by atoms with Gasteiger partial charge < -0.3 is 11.1 Å². The molecule has 0 aromatic heterocycles. The third kappa shape index (κ3) is 3.37. The number of nitrogens with one attached hydrogen (secondary N) is 1. The number of carbonyl (C=O) groups is 1. The van der Waals surface area contributed by atoms with Crippen molar-refractivity contribution in [2.75, 3.05) is 5.32 Å². The molecular formula is C15H19F3N2O. The van der Waals surface area contributed by atoms with E-state index in [0.29, 0.717) is 18.4 Å². The Balaban J connectivity index is 2.29. The predicted octanol–water partition coefficient (Wildman–Crippen LogP) is 3.68. The first-order chi connectivity index (χ1) is 9.76. The fourth-order valence-corrected chi connectivity index (χ4v) is 2.72. The van der Waals surface area contributed by atoms with Gasteiger partial charge in [-0.25, -0.2) is 0 Å². The number of anilines is 1. The van der Waals surface area contributed by atoms with Crippen molar-refractivity contribution in [2.24, 2.45) is 11.1 Å². The lowest BCUT2D eigenvalue weighted by atomic mass is 9.87. The van der Waals surface area contributed by atoms with E-state index in [-0.39, 0.29) is 18.1 Å².